The smallest absolute Gasteiger partial charge is 0.230 e. The summed E-state index contributed by atoms with van der Waals surface area (Å²) >= 11 is 6.82. The van der Waals surface area contributed by atoms with Crippen LogP contribution >= 0.6 is 24.0 Å². The molecule has 0 radical (unpaired) electrons. The van der Waals surface area contributed by atoms with E-state index in [2.05, 4.69) is 29.3 Å². The highest BCUT2D eigenvalue weighted by Crippen LogP contribution is 2.15. The molecule has 1 heterocycles. The third-order valence-electron chi connectivity index (χ3n) is 3.67. The lowest BCUT2D eigenvalue weighted by Gasteiger charge is -2.17. The van der Waals surface area contributed by atoms with E-state index in [4.69, 9.17) is 12.2 Å². The Bertz CT molecular complexity index is 499. The SMILES string of the molecule is Cc1ccccc1CCNC(=O)CSC(=S)N1CCCC1. The first-order valence-corrected chi connectivity index (χ1v) is 8.79. The number of rotatable bonds is 5. The molecule has 1 aliphatic heterocycles. The minimum absolute atomic E-state index is 0.0649. The molecule has 2 rings (SSSR count). The Morgan fingerprint density at radius 3 is 2.76 bits per heavy atom. The number of likely N-dealkylation sites (tertiary alicyclic amines) is 1. The summed E-state index contributed by atoms with van der Waals surface area (Å²) in [5.74, 6) is 0.485. The number of amides is 1. The lowest BCUT2D eigenvalue weighted by molar-refractivity contribution is -0.118. The standard InChI is InChI=1S/C16H22N2OS2/c1-13-6-2-3-7-14(13)8-9-17-15(19)12-21-16(20)18-10-4-5-11-18/h2-3,6-7H,4-5,8-12H2,1H3,(H,17,19). The predicted molar refractivity (Wildman–Crippen MR) is 93.8 cm³/mol. The molecule has 0 bridgehead atoms. The molecule has 0 atom stereocenters. The highest BCUT2D eigenvalue weighted by Gasteiger charge is 2.15. The summed E-state index contributed by atoms with van der Waals surface area (Å²) in [7, 11) is 0. The number of benzene rings is 1. The van der Waals surface area contributed by atoms with Crippen molar-refractivity contribution in [3.05, 3.63) is 35.4 Å². The molecule has 21 heavy (non-hydrogen) atoms. The van der Waals surface area contributed by atoms with Crippen molar-refractivity contribution in [1.29, 1.82) is 0 Å². The number of thioether (sulfide) groups is 1. The van der Waals surface area contributed by atoms with Gasteiger partial charge in [-0.15, -0.1) is 0 Å². The fourth-order valence-corrected chi connectivity index (χ4v) is 3.48. The molecular weight excluding hydrogens is 300 g/mol. The Labute approximate surface area is 136 Å². The van der Waals surface area contributed by atoms with Gasteiger partial charge in [0.25, 0.3) is 0 Å². The summed E-state index contributed by atoms with van der Waals surface area (Å²) in [6, 6.07) is 8.28. The summed E-state index contributed by atoms with van der Waals surface area (Å²) in [5.41, 5.74) is 2.56. The number of thiocarbonyl (C=S) groups is 1. The van der Waals surface area contributed by atoms with Crippen molar-refractivity contribution in [1.82, 2.24) is 10.2 Å². The molecule has 1 saturated heterocycles. The first-order chi connectivity index (χ1) is 10.2. The van der Waals surface area contributed by atoms with Crippen LogP contribution in [0.15, 0.2) is 24.3 Å². The molecular formula is C16H22N2OS2. The van der Waals surface area contributed by atoms with E-state index in [0.29, 0.717) is 12.3 Å². The Morgan fingerprint density at radius 1 is 1.33 bits per heavy atom. The Kier molecular flexibility index (Phi) is 6.51. The quantitative estimate of drug-likeness (QED) is 0.845. The van der Waals surface area contributed by atoms with E-state index in [1.54, 1.807) is 0 Å². The van der Waals surface area contributed by atoms with E-state index < -0.39 is 0 Å². The van der Waals surface area contributed by atoms with Gasteiger partial charge in [-0.2, -0.15) is 0 Å². The fourth-order valence-electron chi connectivity index (χ4n) is 2.40. The monoisotopic (exact) mass is 322 g/mol. The van der Waals surface area contributed by atoms with Gasteiger partial charge in [-0.1, -0.05) is 48.2 Å². The van der Waals surface area contributed by atoms with Gasteiger partial charge in [0.15, 0.2) is 0 Å². The zero-order valence-corrected chi connectivity index (χ0v) is 14.1. The number of carbonyl (C=O) groups is 1. The first-order valence-electron chi connectivity index (χ1n) is 7.40. The number of nitrogens with zero attached hydrogens (tertiary/aromatic N) is 1. The molecule has 1 aliphatic rings. The second-order valence-electron chi connectivity index (χ2n) is 5.28. The van der Waals surface area contributed by atoms with Gasteiger partial charge in [-0.05, 0) is 37.3 Å². The normalized spacial score (nSPS) is 14.2. The van der Waals surface area contributed by atoms with E-state index >= 15 is 0 Å². The van der Waals surface area contributed by atoms with Crippen LogP contribution in [0.1, 0.15) is 24.0 Å². The summed E-state index contributed by atoms with van der Waals surface area (Å²) in [5, 5.41) is 2.97. The Hall–Kier alpha value is -1.07. The molecule has 0 saturated carbocycles. The van der Waals surface area contributed by atoms with E-state index in [9.17, 15) is 4.79 Å². The highest BCUT2D eigenvalue weighted by atomic mass is 32.2. The second kappa shape index (κ2) is 8.39. The van der Waals surface area contributed by atoms with Crippen molar-refractivity contribution in [2.24, 2.45) is 0 Å². The molecule has 5 heteroatoms. The maximum absolute atomic E-state index is 11.8. The van der Waals surface area contributed by atoms with Crippen molar-refractivity contribution < 1.29 is 4.79 Å². The maximum Gasteiger partial charge on any atom is 0.230 e. The Morgan fingerprint density at radius 2 is 2.05 bits per heavy atom. The molecule has 0 unspecified atom stereocenters. The van der Waals surface area contributed by atoms with E-state index in [1.165, 1.54) is 35.7 Å². The number of aryl methyl sites for hydroxylation is 1. The molecule has 0 aromatic heterocycles. The van der Waals surface area contributed by atoms with E-state index in [0.717, 1.165) is 23.8 Å². The molecule has 0 aliphatic carbocycles. The van der Waals surface area contributed by atoms with Crippen molar-refractivity contribution in [3.8, 4) is 0 Å². The topological polar surface area (TPSA) is 32.3 Å². The largest absolute Gasteiger partial charge is 0.358 e. The molecule has 1 N–H and O–H groups in total. The fraction of sp³-hybridized carbons (Fsp3) is 0.500. The molecule has 3 nitrogen and oxygen atoms in total. The predicted octanol–water partition coefficient (Wildman–Crippen LogP) is 2.77. The molecule has 1 amide bonds. The maximum atomic E-state index is 11.8. The van der Waals surface area contributed by atoms with Crippen molar-refractivity contribution in [3.63, 3.8) is 0 Å². The van der Waals surface area contributed by atoms with Crippen LogP contribution in [0.3, 0.4) is 0 Å². The van der Waals surface area contributed by atoms with E-state index in [-0.39, 0.29) is 5.91 Å². The average molecular weight is 322 g/mol. The van der Waals surface area contributed by atoms with Crippen LogP contribution in [0.4, 0.5) is 0 Å². The van der Waals surface area contributed by atoms with Gasteiger partial charge in [0.05, 0.1) is 5.75 Å². The van der Waals surface area contributed by atoms with Crippen LogP contribution < -0.4 is 5.32 Å². The summed E-state index contributed by atoms with van der Waals surface area (Å²) < 4.78 is 0.863. The number of hydrogen-bond acceptors (Lipinski definition) is 3. The zero-order valence-electron chi connectivity index (χ0n) is 12.4. The summed E-state index contributed by atoms with van der Waals surface area (Å²) in [4.78, 5) is 14.0. The van der Waals surface area contributed by atoms with E-state index in [1.807, 2.05) is 12.1 Å². The lowest BCUT2D eigenvalue weighted by Crippen LogP contribution is -2.30. The van der Waals surface area contributed by atoms with Gasteiger partial charge in [0, 0.05) is 19.6 Å². The first kappa shape index (κ1) is 16.3. The van der Waals surface area contributed by atoms with Gasteiger partial charge in [0.2, 0.25) is 5.91 Å². The van der Waals surface area contributed by atoms with Crippen molar-refractivity contribution in [2.45, 2.75) is 26.2 Å². The van der Waals surface area contributed by atoms with Crippen LogP contribution in [0.25, 0.3) is 0 Å². The van der Waals surface area contributed by atoms with Crippen molar-refractivity contribution >= 4 is 34.2 Å². The minimum Gasteiger partial charge on any atom is -0.358 e. The van der Waals surface area contributed by atoms with Gasteiger partial charge in [-0.3, -0.25) is 4.79 Å². The van der Waals surface area contributed by atoms with Crippen LogP contribution in [-0.2, 0) is 11.2 Å². The van der Waals surface area contributed by atoms with Crippen molar-refractivity contribution in [2.75, 3.05) is 25.4 Å². The number of carbonyl (C=O) groups excluding carboxylic acids is 1. The molecule has 1 fully saturated rings. The zero-order chi connectivity index (χ0) is 15.1. The lowest BCUT2D eigenvalue weighted by atomic mass is 10.1. The third-order valence-corrected chi connectivity index (χ3v) is 5.19. The van der Waals surface area contributed by atoms with Crippen LogP contribution in [0, 0.1) is 6.92 Å². The molecule has 1 aromatic carbocycles. The highest BCUT2D eigenvalue weighted by molar-refractivity contribution is 8.23. The minimum atomic E-state index is 0.0649. The van der Waals surface area contributed by atoms with Crippen LogP contribution in [0.5, 0.6) is 0 Å². The van der Waals surface area contributed by atoms with Crippen LogP contribution in [-0.4, -0.2) is 40.5 Å². The number of hydrogen-bond donors (Lipinski definition) is 1. The van der Waals surface area contributed by atoms with Gasteiger partial charge < -0.3 is 10.2 Å². The van der Waals surface area contributed by atoms with Gasteiger partial charge in [-0.25, -0.2) is 0 Å². The molecule has 114 valence electrons. The molecule has 0 spiro atoms. The van der Waals surface area contributed by atoms with Gasteiger partial charge in [0.1, 0.15) is 4.32 Å². The second-order valence-corrected chi connectivity index (χ2v) is 6.88. The summed E-state index contributed by atoms with van der Waals surface area (Å²) in [6.45, 7) is 4.86. The van der Waals surface area contributed by atoms with Crippen LogP contribution in [0.2, 0.25) is 0 Å². The summed E-state index contributed by atoms with van der Waals surface area (Å²) in [6.07, 6.45) is 3.30. The Balaban J connectivity index is 1.63. The third kappa shape index (κ3) is 5.32. The average Bonchev–Trinajstić information content (AvgIpc) is 3.01. The van der Waals surface area contributed by atoms with Gasteiger partial charge >= 0.3 is 0 Å². The molecule has 1 aromatic rings. The number of nitrogens with one attached hydrogen (secondary N) is 1.